The Hall–Kier alpha value is -3.76. The summed E-state index contributed by atoms with van der Waals surface area (Å²) >= 11 is 0. The molecule has 2 aliphatic rings. The number of nitrogens with zero attached hydrogens (tertiary/aromatic N) is 1. The van der Waals surface area contributed by atoms with Gasteiger partial charge in [0, 0.05) is 24.6 Å². The highest BCUT2D eigenvalue weighted by atomic mass is 16.2. The first kappa shape index (κ1) is 35.4. The van der Waals surface area contributed by atoms with Gasteiger partial charge in [-0.2, -0.15) is 0 Å². The molecule has 11 nitrogen and oxygen atoms in total. The fraction of sp³-hybridized carbons (Fsp3) is 0.625. The lowest BCUT2D eigenvalue weighted by Gasteiger charge is -2.36. The molecule has 1 heterocycles. The number of carbonyl (C=O) groups excluding carboxylic acids is 6. The third-order valence-electron chi connectivity index (χ3n) is 7.71. The number of hydrogen-bond donors (Lipinski definition) is 4. The van der Waals surface area contributed by atoms with E-state index in [1.807, 2.05) is 19.9 Å². The Labute approximate surface area is 255 Å². The summed E-state index contributed by atoms with van der Waals surface area (Å²) in [5.41, 5.74) is 4.86. The minimum atomic E-state index is -1.16. The average Bonchev–Trinajstić information content (AvgIpc) is 3.55. The zero-order chi connectivity index (χ0) is 32.5. The van der Waals surface area contributed by atoms with E-state index in [1.165, 1.54) is 24.7 Å². The molecule has 5 N–H and O–H groups in total. The van der Waals surface area contributed by atoms with Gasteiger partial charge in [-0.05, 0) is 37.0 Å². The maximum Gasteiger partial charge on any atom is 0.315 e. The molecule has 1 aliphatic carbocycles. The number of rotatable bonds is 11. The smallest absolute Gasteiger partial charge is 0.315 e. The second-order valence-electron chi connectivity index (χ2n) is 13.1. The van der Waals surface area contributed by atoms with Crippen molar-refractivity contribution >= 4 is 35.3 Å². The van der Waals surface area contributed by atoms with Gasteiger partial charge < -0.3 is 26.6 Å². The molecule has 43 heavy (non-hydrogen) atoms. The molecule has 3 rings (SSSR count). The Bertz CT molecular complexity index is 1160. The van der Waals surface area contributed by atoms with Crippen molar-refractivity contribution in [1.29, 1.82) is 0 Å². The third-order valence-corrected chi connectivity index (χ3v) is 7.71. The fourth-order valence-corrected chi connectivity index (χ4v) is 4.61. The van der Waals surface area contributed by atoms with Crippen LogP contribution in [0.4, 0.5) is 4.79 Å². The molecule has 1 aromatic rings. The molecule has 1 aliphatic heterocycles. The molecule has 1 saturated heterocycles. The van der Waals surface area contributed by atoms with Crippen molar-refractivity contribution in [2.75, 3.05) is 6.54 Å². The highest BCUT2D eigenvalue weighted by Crippen LogP contribution is 2.27. The predicted octanol–water partition coefficient (Wildman–Crippen LogP) is 2.96. The maximum atomic E-state index is 13.7. The number of benzene rings is 1. The largest absolute Gasteiger partial charge is 0.363 e. The van der Waals surface area contributed by atoms with Gasteiger partial charge in [0.2, 0.25) is 17.6 Å². The van der Waals surface area contributed by atoms with Gasteiger partial charge in [-0.3, -0.25) is 24.0 Å². The van der Waals surface area contributed by atoms with E-state index in [-0.39, 0.29) is 18.1 Å². The SMILES string of the molecule is CC(NC(=O)[C@@H]1CCCN1C(=O)C(NC(=O)NC(CC(=O)c1ccccc1)C(C)C)C(C)(C)C)C(=O)C(N)=O.CC1CC1. The Morgan fingerprint density at radius 3 is 2.00 bits per heavy atom. The van der Waals surface area contributed by atoms with E-state index in [0.29, 0.717) is 24.9 Å². The van der Waals surface area contributed by atoms with Crippen LogP contribution in [0.5, 0.6) is 0 Å². The molecular weight excluding hydrogens is 550 g/mol. The van der Waals surface area contributed by atoms with E-state index in [2.05, 4.69) is 22.9 Å². The van der Waals surface area contributed by atoms with Crippen LogP contribution < -0.4 is 21.7 Å². The normalized spacial score (nSPS) is 18.4. The number of Topliss-reactive ketones (excluding diaryl/α,β-unsaturated/α-hetero) is 2. The van der Waals surface area contributed by atoms with Gasteiger partial charge >= 0.3 is 6.03 Å². The molecule has 5 amide bonds. The summed E-state index contributed by atoms with van der Waals surface area (Å²) in [5.74, 6) is -2.17. The number of urea groups is 1. The van der Waals surface area contributed by atoms with Crippen LogP contribution in [0.1, 0.15) is 90.9 Å². The molecule has 238 valence electrons. The third kappa shape index (κ3) is 11.1. The zero-order valence-electron chi connectivity index (χ0n) is 26.6. The van der Waals surface area contributed by atoms with Gasteiger partial charge in [0.15, 0.2) is 5.78 Å². The summed E-state index contributed by atoms with van der Waals surface area (Å²) in [6.07, 6.45) is 4.00. The number of carbonyl (C=O) groups is 6. The Morgan fingerprint density at radius 2 is 1.51 bits per heavy atom. The minimum Gasteiger partial charge on any atom is -0.363 e. The van der Waals surface area contributed by atoms with Gasteiger partial charge in [0.25, 0.3) is 5.91 Å². The number of ketones is 2. The van der Waals surface area contributed by atoms with E-state index in [4.69, 9.17) is 5.73 Å². The number of hydrogen-bond acceptors (Lipinski definition) is 6. The van der Waals surface area contributed by atoms with Gasteiger partial charge in [-0.1, -0.05) is 84.7 Å². The average molecular weight is 600 g/mol. The Balaban J connectivity index is 0.00000148. The zero-order valence-corrected chi connectivity index (χ0v) is 26.6. The lowest BCUT2D eigenvalue weighted by Crippen LogP contribution is -2.60. The number of amides is 5. The molecule has 0 spiro atoms. The summed E-state index contributed by atoms with van der Waals surface area (Å²) in [6, 6.07) is 4.80. The van der Waals surface area contributed by atoms with Crippen molar-refractivity contribution in [3.63, 3.8) is 0 Å². The lowest BCUT2D eigenvalue weighted by atomic mass is 9.85. The van der Waals surface area contributed by atoms with E-state index >= 15 is 0 Å². The van der Waals surface area contributed by atoms with Crippen LogP contribution >= 0.6 is 0 Å². The molecule has 0 aromatic heterocycles. The topological polar surface area (TPSA) is 168 Å². The van der Waals surface area contributed by atoms with E-state index in [1.54, 1.807) is 45.0 Å². The van der Waals surface area contributed by atoms with E-state index in [0.717, 1.165) is 5.92 Å². The molecule has 1 saturated carbocycles. The Kier molecular flexibility index (Phi) is 12.9. The predicted molar refractivity (Wildman–Crippen MR) is 164 cm³/mol. The number of nitrogens with one attached hydrogen (secondary N) is 3. The summed E-state index contributed by atoms with van der Waals surface area (Å²) in [6.45, 7) is 13.1. The Morgan fingerprint density at radius 1 is 0.930 bits per heavy atom. The summed E-state index contributed by atoms with van der Waals surface area (Å²) in [5, 5.41) is 8.07. The highest BCUT2D eigenvalue weighted by molar-refractivity contribution is 6.37. The van der Waals surface area contributed by atoms with Gasteiger partial charge in [0.05, 0.1) is 6.04 Å². The van der Waals surface area contributed by atoms with Crippen LogP contribution in [0.15, 0.2) is 30.3 Å². The first-order chi connectivity index (χ1) is 20.0. The van der Waals surface area contributed by atoms with Gasteiger partial charge in [0.1, 0.15) is 12.1 Å². The summed E-state index contributed by atoms with van der Waals surface area (Å²) in [7, 11) is 0. The van der Waals surface area contributed by atoms with Crippen molar-refractivity contribution in [2.24, 2.45) is 23.0 Å². The van der Waals surface area contributed by atoms with Crippen LogP contribution in [-0.2, 0) is 19.2 Å². The quantitative estimate of drug-likeness (QED) is 0.225. The summed E-state index contributed by atoms with van der Waals surface area (Å²) in [4.78, 5) is 76.7. The molecule has 3 unspecified atom stereocenters. The van der Waals surface area contributed by atoms with Crippen molar-refractivity contribution in [3.05, 3.63) is 35.9 Å². The van der Waals surface area contributed by atoms with Crippen LogP contribution in [0.25, 0.3) is 0 Å². The molecule has 0 radical (unpaired) electrons. The van der Waals surface area contributed by atoms with Crippen LogP contribution in [0.2, 0.25) is 0 Å². The van der Waals surface area contributed by atoms with Crippen LogP contribution in [0, 0.1) is 17.3 Å². The van der Waals surface area contributed by atoms with Crippen molar-refractivity contribution in [2.45, 2.75) is 105 Å². The summed E-state index contributed by atoms with van der Waals surface area (Å²) < 4.78 is 0. The molecule has 4 atom stereocenters. The highest BCUT2D eigenvalue weighted by Gasteiger charge is 2.42. The first-order valence-corrected chi connectivity index (χ1v) is 15.1. The van der Waals surface area contributed by atoms with E-state index in [9.17, 15) is 28.8 Å². The number of primary amides is 1. The van der Waals surface area contributed by atoms with Crippen molar-refractivity contribution in [1.82, 2.24) is 20.9 Å². The minimum absolute atomic E-state index is 0.0519. The molecule has 11 heteroatoms. The molecule has 2 fully saturated rings. The van der Waals surface area contributed by atoms with Crippen molar-refractivity contribution in [3.8, 4) is 0 Å². The monoisotopic (exact) mass is 599 g/mol. The first-order valence-electron chi connectivity index (χ1n) is 15.1. The van der Waals surface area contributed by atoms with Crippen LogP contribution in [0.3, 0.4) is 0 Å². The lowest BCUT2D eigenvalue weighted by molar-refractivity contribution is -0.143. The number of nitrogens with two attached hydrogens (primary N) is 1. The van der Waals surface area contributed by atoms with E-state index < -0.39 is 59.1 Å². The van der Waals surface area contributed by atoms with Crippen molar-refractivity contribution < 1.29 is 28.8 Å². The fourth-order valence-electron chi connectivity index (χ4n) is 4.61. The van der Waals surface area contributed by atoms with Gasteiger partial charge in [-0.15, -0.1) is 0 Å². The molecular formula is C32H49N5O6. The van der Waals surface area contributed by atoms with Gasteiger partial charge in [-0.25, -0.2) is 4.79 Å². The second kappa shape index (κ2) is 15.6. The maximum absolute atomic E-state index is 13.7. The standard InChI is InChI=1S/C28H41N5O6.C4H8/c1-16(2)19(15-21(34)18-11-8-7-9-12-18)31-27(39)32-23(28(4,5)6)26(38)33-14-10-13-20(33)25(37)30-17(3)22(35)24(29)36;1-4-2-3-4/h7-9,11-12,16-17,19-20,23H,10,13-15H2,1-6H3,(H2,29,36)(H,30,37)(H2,31,32,39);4H,2-3H2,1H3/t17?,19?,20-,23?;/m0./s1. The van der Waals surface area contributed by atoms with Crippen LogP contribution in [-0.4, -0.2) is 70.9 Å². The number of likely N-dealkylation sites (tertiary alicyclic amines) is 1. The molecule has 1 aromatic carbocycles. The second-order valence-corrected chi connectivity index (χ2v) is 13.1. The molecule has 0 bridgehead atoms.